The number of aromatic hydroxyl groups is 1. The Labute approximate surface area is 172 Å². The van der Waals surface area contributed by atoms with Crippen molar-refractivity contribution in [2.45, 2.75) is 0 Å². The lowest BCUT2D eigenvalue weighted by Gasteiger charge is -2.15. The van der Waals surface area contributed by atoms with Crippen molar-refractivity contribution in [2.24, 2.45) is 4.99 Å². The highest BCUT2D eigenvalue weighted by Gasteiger charge is 2.17. The molecule has 0 saturated carbocycles. The first-order valence-electron chi connectivity index (χ1n) is 9.17. The minimum atomic E-state index is -0.353. The predicted octanol–water partition coefficient (Wildman–Crippen LogP) is 3.86. The summed E-state index contributed by atoms with van der Waals surface area (Å²) in [4.78, 5) is 21.7. The van der Waals surface area contributed by atoms with Crippen molar-refractivity contribution in [3.05, 3.63) is 82.9 Å². The van der Waals surface area contributed by atoms with Crippen LogP contribution in [-0.2, 0) is 0 Å². The van der Waals surface area contributed by atoms with E-state index in [1.54, 1.807) is 60.9 Å². The van der Waals surface area contributed by atoms with Crippen LogP contribution >= 0.6 is 0 Å². The Hall–Kier alpha value is -4.13. The van der Waals surface area contributed by atoms with Crippen LogP contribution < -0.4 is 15.0 Å². The van der Waals surface area contributed by atoms with Crippen molar-refractivity contribution >= 4 is 22.7 Å². The van der Waals surface area contributed by atoms with Gasteiger partial charge in [0.15, 0.2) is 11.5 Å². The van der Waals surface area contributed by atoms with E-state index in [0.29, 0.717) is 39.2 Å². The molecule has 0 saturated heterocycles. The molecule has 30 heavy (non-hydrogen) atoms. The number of aliphatic imine (C=N–C) groups is 1. The van der Waals surface area contributed by atoms with Crippen LogP contribution in [0.4, 0.5) is 5.69 Å². The fourth-order valence-electron chi connectivity index (χ4n) is 3.26. The van der Waals surface area contributed by atoms with E-state index in [1.165, 1.54) is 25.0 Å². The number of rotatable bonds is 5. The molecule has 0 unspecified atom stereocenters. The molecule has 2 heterocycles. The van der Waals surface area contributed by atoms with Gasteiger partial charge in [-0.05, 0) is 30.3 Å². The third-order valence-electron chi connectivity index (χ3n) is 4.72. The van der Waals surface area contributed by atoms with E-state index < -0.39 is 0 Å². The first-order valence-corrected chi connectivity index (χ1v) is 9.17. The lowest BCUT2D eigenvalue weighted by molar-refractivity contribution is 0.354. The smallest absolute Gasteiger partial charge is 0.265 e. The summed E-state index contributed by atoms with van der Waals surface area (Å²) < 4.78 is 11.8. The first kappa shape index (κ1) is 19.2. The number of pyridine rings is 2. The predicted molar refractivity (Wildman–Crippen MR) is 116 cm³/mol. The highest BCUT2D eigenvalue weighted by atomic mass is 16.5. The van der Waals surface area contributed by atoms with Crippen LogP contribution in [0.5, 0.6) is 17.4 Å². The van der Waals surface area contributed by atoms with Crippen molar-refractivity contribution in [3.8, 4) is 23.1 Å². The summed E-state index contributed by atoms with van der Waals surface area (Å²) in [6, 6.07) is 15.7. The molecule has 0 radical (unpaired) electrons. The zero-order valence-corrected chi connectivity index (χ0v) is 16.4. The quantitative estimate of drug-likeness (QED) is 0.513. The second-order valence-corrected chi connectivity index (χ2v) is 6.43. The summed E-state index contributed by atoms with van der Waals surface area (Å²) in [5.41, 5.74) is 1.14. The molecule has 0 atom stereocenters. The second-order valence-electron chi connectivity index (χ2n) is 6.43. The highest BCUT2D eigenvalue weighted by molar-refractivity contribution is 6.02. The van der Waals surface area contributed by atoms with Crippen molar-refractivity contribution in [1.29, 1.82) is 0 Å². The monoisotopic (exact) mass is 401 g/mol. The summed E-state index contributed by atoms with van der Waals surface area (Å²) >= 11 is 0. The van der Waals surface area contributed by atoms with Gasteiger partial charge in [-0.1, -0.05) is 18.2 Å². The van der Waals surface area contributed by atoms with Gasteiger partial charge >= 0.3 is 0 Å². The van der Waals surface area contributed by atoms with Crippen LogP contribution in [0.2, 0.25) is 0 Å². The minimum absolute atomic E-state index is 0.224. The summed E-state index contributed by atoms with van der Waals surface area (Å²) in [6.07, 6.45) is 4.80. The van der Waals surface area contributed by atoms with Gasteiger partial charge in [0.2, 0.25) is 5.88 Å². The number of hydrogen-bond acceptors (Lipinski definition) is 6. The van der Waals surface area contributed by atoms with Crippen LogP contribution in [0.15, 0.2) is 76.8 Å². The zero-order valence-electron chi connectivity index (χ0n) is 16.4. The average molecular weight is 401 g/mol. The highest BCUT2D eigenvalue weighted by Crippen LogP contribution is 2.32. The molecule has 4 rings (SSSR count). The van der Waals surface area contributed by atoms with Crippen LogP contribution in [0.1, 0.15) is 5.56 Å². The Bertz CT molecular complexity index is 1300. The molecule has 7 heteroatoms. The lowest BCUT2D eigenvalue weighted by atomic mass is 10.1. The summed E-state index contributed by atoms with van der Waals surface area (Å²) in [5, 5.41) is 12.1. The largest absolute Gasteiger partial charge is 0.494 e. The van der Waals surface area contributed by atoms with Gasteiger partial charge in [0, 0.05) is 29.3 Å². The van der Waals surface area contributed by atoms with Crippen LogP contribution in [0.25, 0.3) is 16.5 Å². The van der Waals surface area contributed by atoms with Crippen molar-refractivity contribution in [1.82, 2.24) is 9.55 Å². The van der Waals surface area contributed by atoms with Gasteiger partial charge in [-0.25, -0.2) is 4.57 Å². The molecular weight excluding hydrogens is 382 g/mol. The standard InChI is InChI=1S/C23H19N3O4/c1-29-20-10-9-16(12-21(20)30-2)26-22(27)18-8-4-3-7-17(18)19(23(26)28)14-25-15-6-5-11-24-13-15/h3-14,28H,1-2H3. The number of aromatic nitrogens is 2. The number of fused-ring (bicyclic) bond motifs is 1. The van der Waals surface area contributed by atoms with E-state index in [0.717, 1.165) is 0 Å². The van der Waals surface area contributed by atoms with Crippen LogP contribution in [0, 0.1) is 0 Å². The Morgan fingerprint density at radius 1 is 1.00 bits per heavy atom. The summed E-state index contributed by atoms with van der Waals surface area (Å²) in [7, 11) is 3.04. The average Bonchev–Trinajstić information content (AvgIpc) is 2.79. The SMILES string of the molecule is COc1ccc(-n2c(O)c(C=Nc3cccnc3)c3ccccc3c2=O)cc1OC. The maximum absolute atomic E-state index is 13.2. The van der Waals surface area contributed by atoms with Gasteiger partial charge in [0.05, 0.1) is 37.4 Å². The third kappa shape index (κ3) is 3.37. The third-order valence-corrected chi connectivity index (χ3v) is 4.72. The van der Waals surface area contributed by atoms with Gasteiger partial charge in [0.25, 0.3) is 5.56 Å². The van der Waals surface area contributed by atoms with Crippen molar-refractivity contribution in [2.75, 3.05) is 14.2 Å². The molecule has 0 fully saturated rings. The zero-order chi connectivity index (χ0) is 21.1. The molecule has 150 valence electrons. The van der Waals surface area contributed by atoms with Gasteiger partial charge in [-0.2, -0.15) is 0 Å². The van der Waals surface area contributed by atoms with Gasteiger partial charge in [-0.15, -0.1) is 0 Å². The summed E-state index contributed by atoms with van der Waals surface area (Å²) in [6.45, 7) is 0. The molecule has 0 spiro atoms. The molecule has 0 aliphatic heterocycles. The Morgan fingerprint density at radius 2 is 1.77 bits per heavy atom. The maximum atomic E-state index is 13.2. The number of nitrogens with zero attached hydrogens (tertiary/aromatic N) is 3. The van der Waals surface area contributed by atoms with E-state index in [1.807, 2.05) is 6.07 Å². The molecule has 0 bridgehead atoms. The molecule has 0 aliphatic carbocycles. The Kier molecular flexibility index (Phi) is 5.17. The molecule has 0 aliphatic rings. The molecule has 0 amide bonds. The van der Waals surface area contributed by atoms with Crippen LogP contribution in [0.3, 0.4) is 0 Å². The van der Waals surface area contributed by atoms with Crippen molar-refractivity contribution in [3.63, 3.8) is 0 Å². The van der Waals surface area contributed by atoms with Gasteiger partial charge in [0.1, 0.15) is 0 Å². The lowest BCUT2D eigenvalue weighted by Crippen LogP contribution is -2.20. The topological polar surface area (TPSA) is 85.9 Å². The number of ether oxygens (including phenoxy) is 2. The van der Waals surface area contributed by atoms with Crippen LogP contribution in [-0.4, -0.2) is 35.1 Å². The molecular formula is C23H19N3O4. The maximum Gasteiger partial charge on any atom is 0.265 e. The van der Waals surface area contributed by atoms with Gasteiger partial charge in [-0.3, -0.25) is 14.8 Å². The first-order chi connectivity index (χ1) is 14.6. The van der Waals surface area contributed by atoms with E-state index in [9.17, 15) is 9.90 Å². The summed E-state index contributed by atoms with van der Waals surface area (Å²) in [5.74, 6) is 0.742. The van der Waals surface area contributed by atoms with E-state index >= 15 is 0 Å². The molecule has 1 N–H and O–H groups in total. The molecule has 2 aromatic carbocycles. The minimum Gasteiger partial charge on any atom is -0.494 e. The number of benzene rings is 2. The Balaban J connectivity index is 1.98. The van der Waals surface area contributed by atoms with Gasteiger partial charge < -0.3 is 14.6 Å². The van der Waals surface area contributed by atoms with E-state index in [2.05, 4.69) is 9.98 Å². The Morgan fingerprint density at radius 3 is 2.47 bits per heavy atom. The normalized spacial score (nSPS) is 11.1. The molecule has 2 aromatic heterocycles. The number of hydrogen-bond donors (Lipinski definition) is 1. The fourth-order valence-corrected chi connectivity index (χ4v) is 3.26. The van der Waals surface area contributed by atoms with E-state index in [4.69, 9.17) is 9.47 Å². The van der Waals surface area contributed by atoms with Crippen molar-refractivity contribution < 1.29 is 14.6 Å². The van der Waals surface area contributed by atoms with E-state index in [-0.39, 0.29) is 11.4 Å². The number of methoxy groups -OCH3 is 2. The second kappa shape index (κ2) is 8.08. The fraction of sp³-hybridized carbons (Fsp3) is 0.0870. The molecule has 4 aromatic rings. The molecule has 7 nitrogen and oxygen atoms in total.